The zero-order valence-corrected chi connectivity index (χ0v) is 12.9. The fraction of sp³-hybridized carbons (Fsp3) is 0.647. The van der Waals surface area contributed by atoms with Crippen molar-refractivity contribution in [2.75, 3.05) is 11.4 Å². The first-order valence-electron chi connectivity index (χ1n) is 7.91. The molecule has 110 valence electrons. The molecule has 1 N–H and O–H groups in total. The van der Waals surface area contributed by atoms with Crippen LogP contribution in [0.3, 0.4) is 0 Å². The Morgan fingerprint density at radius 1 is 1.20 bits per heavy atom. The summed E-state index contributed by atoms with van der Waals surface area (Å²) in [6.07, 6.45) is 7.65. The van der Waals surface area contributed by atoms with Crippen molar-refractivity contribution in [3.63, 3.8) is 0 Å². The van der Waals surface area contributed by atoms with E-state index in [4.69, 9.17) is 11.6 Å². The van der Waals surface area contributed by atoms with Gasteiger partial charge in [-0.2, -0.15) is 0 Å². The van der Waals surface area contributed by atoms with Gasteiger partial charge in [-0.3, -0.25) is 0 Å². The highest BCUT2D eigenvalue weighted by atomic mass is 35.5. The molecule has 2 fully saturated rings. The molecule has 2 aliphatic rings. The van der Waals surface area contributed by atoms with Crippen molar-refractivity contribution >= 4 is 17.3 Å². The van der Waals surface area contributed by atoms with Crippen molar-refractivity contribution in [3.05, 3.63) is 28.8 Å². The van der Waals surface area contributed by atoms with E-state index in [9.17, 15) is 5.11 Å². The van der Waals surface area contributed by atoms with Gasteiger partial charge in [0.2, 0.25) is 0 Å². The molecule has 3 rings (SSSR count). The number of aliphatic hydroxyl groups excluding tert-OH is 1. The first-order valence-corrected chi connectivity index (χ1v) is 8.29. The predicted molar refractivity (Wildman–Crippen MR) is 84.4 cm³/mol. The number of aliphatic hydroxyl groups is 1. The summed E-state index contributed by atoms with van der Waals surface area (Å²) in [5.41, 5.74) is 2.06. The Labute approximate surface area is 126 Å². The molecule has 1 heterocycles. The molecule has 3 atom stereocenters. The topological polar surface area (TPSA) is 23.5 Å². The minimum Gasteiger partial charge on any atom is -0.389 e. The van der Waals surface area contributed by atoms with E-state index in [1.54, 1.807) is 6.92 Å². The number of anilines is 1. The van der Waals surface area contributed by atoms with Crippen molar-refractivity contribution < 1.29 is 5.11 Å². The van der Waals surface area contributed by atoms with Crippen molar-refractivity contribution in [2.24, 2.45) is 5.92 Å². The predicted octanol–water partition coefficient (Wildman–Crippen LogP) is 4.55. The Hall–Kier alpha value is -0.730. The van der Waals surface area contributed by atoms with Crippen LogP contribution in [-0.2, 0) is 0 Å². The lowest BCUT2D eigenvalue weighted by Gasteiger charge is -2.45. The molecule has 1 unspecified atom stereocenters. The summed E-state index contributed by atoms with van der Waals surface area (Å²) in [6, 6.07) is 6.85. The van der Waals surface area contributed by atoms with Gasteiger partial charge >= 0.3 is 0 Å². The van der Waals surface area contributed by atoms with Gasteiger partial charge in [0.25, 0.3) is 0 Å². The second kappa shape index (κ2) is 5.95. The molecule has 1 saturated carbocycles. The van der Waals surface area contributed by atoms with Crippen molar-refractivity contribution in [2.45, 2.75) is 57.6 Å². The van der Waals surface area contributed by atoms with Gasteiger partial charge in [0.15, 0.2) is 0 Å². The summed E-state index contributed by atoms with van der Waals surface area (Å²) in [4.78, 5) is 2.56. The summed E-state index contributed by atoms with van der Waals surface area (Å²) in [6.45, 7) is 2.91. The van der Waals surface area contributed by atoms with Gasteiger partial charge in [-0.05, 0) is 56.2 Å². The molecule has 0 amide bonds. The van der Waals surface area contributed by atoms with Gasteiger partial charge in [-0.25, -0.2) is 0 Å². The van der Waals surface area contributed by atoms with E-state index < -0.39 is 6.10 Å². The molecule has 1 aliphatic carbocycles. The Bertz CT molecular complexity index is 472. The van der Waals surface area contributed by atoms with Gasteiger partial charge in [0, 0.05) is 23.3 Å². The Morgan fingerprint density at radius 3 is 2.70 bits per heavy atom. The molecule has 2 nitrogen and oxygen atoms in total. The van der Waals surface area contributed by atoms with Crippen molar-refractivity contribution in [1.29, 1.82) is 0 Å². The van der Waals surface area contributed by atoms with E-state index >= 15 is 0 Å². The fourth-order valence-electron chi connectivity index (χ4n) is 3.98. The van der Waals surface area contributed by atoms with Crippen LogP contribution in [0.4, 0.5) is 5.69 Å². The number of piperidine rings is 1. The quantitative estimate of drug-likeness (QED) is 0.864. The highest BCUT2D eigenvalue weighted by Gasteiger charge is 2.33. The van der Waals surface area contributed by atoms with Gasteiger partial charge in [0.05, 0.1) is 6.10 Å². The van der Waals surface area contributed by atoms with E-state index in [1.165, 1.54) is 44.2 Å². The molecule has 0 radical (unpaired) electrons. The number of rotatable bonds is 2. The number of halogens is 1. The molecule has 0 aromatic heterocycles. The molecular formula is C17H24ClNO. The molecule has 0 bridgehead atoms. The Balaban J connectivity index is 1.85. The Morgan fingerprint density at radius 2 is 1.95 bits per heavy atom. The first kappa shape index (κ1) is 14.2. The van der Waals surface area contributed by atoms with Gasteiger partial charge in [-0.15, -0.1) is 0 Å². The van der Waals surface area contributed by atoms with E-state index in [0.717, 1.165) is 18.0 Å². The third kappa shape index (κ3) is 2.68. The van der Waals surface area contributed by atoms with Gasteiger partial charge in [-0.1, -0.05) is 30.5 Å². The van der Waals surface area contributed by atoms with Crippen LogP contribution >= 0.6 is 11.6 Å². The maximum Gasteiger partial charge on any atom is 0.0776 e. The molecule has 1 saturated heterocycles. The zero-order valence-electron chi connectivity index (χ0n) is 12.2. The van der Waals surface area contributed by atoms with E-state index in [2.05, 4.69) is 11.0 Å². The third-order valence-corrected chi connectivity index (χ3v) is 5.34. The van der Waals surface area contributed by atoms with Crippen LogP contribution in [0.15, 0.2) is 18.2 Å². The minimum atomic E-state index is -0.500. The van der Waals surface area contributed by atoms with Crippen LogP contribution in [0.1, 0.15) is 57.1 Å². The molecule has 0 spiro atoms. The monoisotopic (exact) mass is 293 g/mol. The van der Waals surface area contributed by atoms with Crippen LogP contribution in [0.5, 0.6) is 0 Å². The molecule has 1 aromatic carbocycles. The molecular weight excluding hydrogens is 270 g/mol. The molecule has 20 heavy (non-hydrogen) atoms. The maximum absolute atomic E-state index is 9.70. The first-order chi connectivity index (χ1) is 9.66. The summed E-state index contributed by atoms with van der Waals surface area (Å²) in [5, 5.41) is 10.4. The van der Waals surface area contributed by atoms with Crippen LogP contribution in [0.2, 0.25) is 5.02 Å². The number of benzene rings is 1. The van der Waals surface area contributed by atoms with Gasteiger partial charge < -0.3 is 10.0 Å². The molecule has 1 aromatic rings. The summed E-state index contributed by atoms with van der Waals surface area (Å²) in [5.74, 6) is 0.868. The number of hydrogen-bond acceptors (Lipinski definition) is 2. The van der Waals surface area contributed by atoms with Crippen molar-refractivity contribution in [3.8, 4) is 0 Å². The lowest BCUT2D eigenvalue weighted by Crippen LogP contribution is -2.46. The van der Waals surface area contributed by atoms with Crippen LogP contribution in [0.25, 0.3) is 0 Å². The summed E-state index contributed by atoms with van der Waals surface area (Å²) < 4.78 is 0. The number of hydrogen-bond donors (Lipinski definition) is 1. The standard InChI is InChI=1S/C17H24ClNO/c1-12(20)15-9-8-14(11-16(15)18)19-10-4-6-13-5-2-3-7-17(13)19/h8-9,11-13,17,20H,2-7,10H2,1H3/t12?,13-,17-/m1/s1. The lowest BCUT2D eigenvalue weighted by molar-refractivity contribution is 0.199. The second-order valence-electron chi connectivity index (χ2n) is 6.33. The second-order valence-corrected chi connectivity index (χ2v) is 6.74. The van der Waals surface area contributed by atoms with Crippen LogP contribution in [-0.4, -0.2) is 17.7 Å². The SMILES string of the molecule is CC(O)c1ccc(N2CCC[C@H]3CCCC[C@H]32)cc1Cl. The van der Waals surface area contributed by atoms with E-state index in [0.29, 0.717) is 11.1 Å². The van der Waals surface area contributed by atoms with E-state index in [1.807, 2.05) is 12.1 Å². The molecule has 3 heteroatoms. The highest BCUT2D eigenvalue weighted by Crippen LogP contribution is 2.39. The highest BCUT2D eigenvalue weighted by molar-refractivity contribution is 6.31. The van der Waals surface area contributed by atoms with E-state index in [-0.39, 0.29) is 0 Å². The summed E-state index contributed by atoms with van der Waals surface area (Å²) in [7, 11) is 0. The van der Waals surface area contributed by atoms with Crippen molar-refractivity contribution in [1.82, 2.24) is 0 Å². The lowest BCUT2D eigenvalue weighted by atomic mass is 9.78. The number of fused-ring (bicyclic) bond motifs is 1. The largest absolute Gasteiger partial charge is 0.389 e. The normalized spacial score (nSPS) is 28.1. The minimum absolute atomic E-state index is 0.500. The fourth-order valence-corrected chi connectivity index (χ4v) is 4.31. The zero-order chi connectivity index (χ0) is 14.1. The third-order valence-electron chi connectivity index (χ3n) is 5.01. The summed E-state index contributed by atoms with van der Waals surface area (Å²) >= 11 is 6.33. The van der Waals surface area contributed by atoms with Crippen LogP contribution < -0.4 is 4.90 Å². The average molecular weight is 294 g/mol. The average Bonchev–Trinajstić information content (AvgIpc) is 2.46. The maximum atomic E-state index is 9.70. The number of nitrogens with zero attached hydrogens (tertiary/aromatic N) is 1. The Kier molecular flexibility index (Phi) is 4.23. The van der Waals surface area contributed by atoms with Gasteiger partial charge in [0.1, 0.15) is 0 Å². The smallest absolute Gasteiger partial charge is 0.0776 e. The molecule has 1 aliphatic heterocycles. The van der Waals surface area contributed by atoms with Crippen LogP contribution in [0, 0.1) is 5.92 Å².